The highest BCUT2D eigenvalue weighted by Gasteiger charge is 2.26. The average molecular weight is 990 g/mol. The second-order valence-electron chi connectivity index (χ2n) is 19.1. The number of allylic oxidation sites excluding steroid dienone is 10. The molecule has 0 fully saturated rings. The fourth-order valence-electron chi connectivity index (χ4n) is 8.15. The molecule has 2 atom stereocenters. The molecule has 0 aliphatic rings. The van der Waals surface area contributed by atoms with Gasteiger partial charge in [0.1, 0.15) is 6.61 Å². The Kier molecular flexibility index (Phi) is 53.2. The molecule has 0 saturated carbocycles. The van der Waals surface area contributed by atoms with Crippen LogP contribution in [0.3, 0.4) is 0 Å². The zero-order valence-corrected chi connectivity index (χ0v) is 45.7. The summed E-state index contributed by atoms with van der Waals surface area (Å²) in [5, 5.41) is 0. The van der Waals surface area contributed by atoms with Crippen molar-refractivity contribution in [2.24, 2.45) is 5.73 Å². The van der Waals surface area contributed by atoms with Crippen molar-refractivity contribution in [1.29, 1.82) is 0 Å². The van der Waals surface area contributed by atoms with E-state index in [0.717, 1.165) is 77.0 Å². The molecule has 402 valence electrons. The van der Waals surface area contributed by atoms with E-state index in [0.29, 0.717) is 6.42 Å². The van der Waals surface area contributed by atoms with Gasteiger partial charge in [-0.25, -0.2) is 4.57 Å². The van der Waals surface area contributed by atoms with Crippen molar-refractivity contribution >= 4 is 19.8 Å². The van der Waals surface area contributed by atoms with Crippen LogP contribution in [0.5, 0.6) is 0 Å². The van der Waals surface area contributed by atoms with Crippen LogP contribution in [0.2, 0.25) is 0 Å². The number of carbonyl (C=O) groups excluding carboxylic acids is 2. The third-order valence-corrected chi connectivity index (χ3v) is 13.4. The first kappa shape index (κ1) is 66.7. The van der Waals surface area contributed by atoms with Gasteiger partial charge in [0.15, 0.2) is 6.10 Å². The predicted molar refractivity (Wildman–Crippen MR) is 293 cm³/mol. The van der Waals surface area contributed by atoms with Crippen LogP contribution in [0.25, 0.3) is 0 Å². The molecule has 2 unspecified atom stereocenters. The second-order valence-corrected chi connectivity index (χ2v) is 20.6. The highest BCUT2D eigenvalue weighted by molar-refractivity contribution is 7.47. The second kappa shape index (κ2) is 55.0. The van der Waals surface area contributed by atoms with Gasteiger partial charge in [-0.15, -0.1) is 0 Å². The molecule has 0 radical (unpaired) electrons. The van der Waals surface area contributed by atoms with Gasteiger partial charge in [0.2, 0.25) is 0 Å². The van der Waals surface area contributed by atoms with E-state index < -0.39 is 26.5 Å². The summed E-state index contributed by atoms with van der Waals surface area (Å²) < 4.78 is 32.9. The molecule has 0 bridgehead atoms. The lowest BCUT2D eigenvalue weighted by atomic mass is 10.0. The minimum absolute atomic E-state index is 0.0528. The smallest absolute Gasteiger partial charge is 0.462 e. The quantitative estimate of drug-likeness (QED) is 0.0264. The Morgan fingerprint density at radius 3 is 1.20 bits per heavy atom. The number of nitrogens with two attached hydrogens (primary N) is 1. The fourth-order valence-corrected chi connectivity index (χ4v) is 8.92. The van der Waals surface area contributed by atoms with Gasteiger partial charge in [0.25, 0.3) is 0 Å². The molecular weight excluding hydrogens is 882 g/mol. The SMILES string of the molecule is CC/C=C\C/C=C\C/C=C\C/C=C\CCCCCCCCCCCCCCCCCCCCCCCCC(=O)OC(COC(=O)CCCCCCC/C=C\CCCCCC)COP(=O)(O)OCCN. The number of rotatable bonds is 54. The number of hydrogen-bond donors (Lipinski definition) is 2. The number of hydrogen-bond acceptors (Lipinski definition) is 8. The van der Waals surface area contributed by atoms with Crippen LogP contribution in [0.15, 0.2) is 60.8 Å². The molecule has 0 aromatic carbocycles. The van der Waals surface area contributed by atoms with E-state index in [1.807, 2.05) is 0 Å². The number of ether oxygens (including phenoxy) is 2. The zero-order valence-electron chi connectivity index (χ0n) is 44.8. The first-order valence-corrected chi connectivity index (χ1v) is 30.3. The Hall–Kier alpha value is -2.29. The van der Waals surface area contributed by atoms with Crippen molar-refractivity contribution in [1.82, 2.24) is 0 Å². The molecule has 0 rings (SSSR count). The van der Waals surface area contributed by atoms with E-state index in [-0.39, 0.29) is 38.6 Å². The summed E-state index contributed by atoms with van der Waals surface area (Å²) in [7, 11) is -4.38. The van der Waals surface area contributed by atoms with E-state index in [4.69, 9.17) is 24.3 Å². The molecule has 0 amide bonds. The van der Waals surface area contributed by atoms with E-state index in [9.17, 15) is 19.0 Å². The number of unbranched alkanes of at least 4 members (excludes halogenated alkanes) is 31. The van der Waals surface area contributed by atoms with Crippen LogP contribution in [-0.4, -0.2) is 49.3 Å². The Morgan fingerprint density at radius 2 is 0.797 bits per heavy atom. The number of carbonyl (C=O) groups is 2. The van der Waals surface area contributed by atoms with Crippen molar-refractivity contribution in [3.8, 4) is 0 Å². The highest BCUT2D eigenvalue weighted by atomic mass is 31.2. The molecule has 0 aromatic rings. The molecule has 10 heteroatoms. The lowest BCUT2D eigenvalue weighted by molar-refractivity contribution is -0.161. The topological polar surface area (TPSA) is 134 Å². The molecular formula is C59H108NO8P. The maximum absolute atomic E-state index is 12.7. The molecule has 0 aliphatic carbocycles. The van der Waals surface area contributed by atoms with Crippen LogP contribution in [0, 0.1) is 0 Å². The van der Waals surface area contributed by atoms with Gasteiger partial charge >= 0.3 is 19.8 Å². The summed E-state index contributed by atoms with van der Waals surface area (Å²) >= 11 is 0. The maximum atomic E-state index is 12.7. The van der Waals surface area contributed by atoms with Crippen molar-refractivity contribution in [3.63, 3.8) is 0 Å². The molecule has 9 nitrogen and oxygen atoms in total. The number of esters is 2. The monoisotopic (exact) mass is 990 g/mol. The molecule has 3 N–H and O–H groups in total. The highest BCUT2D eigenvalue weighted by Crippen LogP contribution is 2.43. The van der Waals surface area contributed by atoms with Gasteiger partial charge in [0, 0.05) is 19.4 Å². The molecule has 0 spiro atoms. The third kappa shape index (κ3) is 54.9. The van der Waals surface area contributed by atoms with Crippen molar-refractivity contribution in [2.45, 2.75) is 277 Å². The largest absolute Gasteiger partial charge is 0.472 e. The van der Waals surface area contributed by atoms with Crippen molar-refractivity contribution in [3.05, 3.63) is 60.8 Å². The van der Waals surface area contributed by atoms with Gasteiger partial charge in [-0.1, -0.05) is 242 Å². The van der Waals surface area contributed by atoms with Crippen molar-refractivity contribution in [2.75, 3.05) is 26.4 Å². The number of phosphoric ester groups is 1. The Morgan fingerprint density at radius 1 is 0.449 bits per heavy atom. The predicted octanol–water partition coefficient (Wildman–Crippen LogP) is 18.0. The Labute approximate surface area is 425 Å². The summed E-state index contributed by atoms with van der Waals surface area (Å²) in [5.74, 6) is -0.829. The molecule has 0 aromatic heterocycles. The van der Waals surface area contributed by atoms with E-state index >= 15 is 0 Å². The minimum Gasteiger partial charge on any atom is -0.462 e. The van der Waals surface area contributed by atoms with Crippen LogP contribution < -0.4 is 5.73 Å². The summed E-state index contributed by atoms with van der Waals surface area (Å²) in [5.41, 5.74) is 5.37. The first-order chi connectivity index (χ1) is 33.8. The van der Waals surface area contributed by atoms with Crippen LogP contribution in [0.1, 0.15) is 271 Å². The van der Waals surface area contributed by atoms with E-state index in [2.05, 4.69) is 74.6 Å². The van der Waals surface area contributed by atoms with Crippen LogP contribution in [0.4, 0.5) is 0 Å². The lowest BCUT2D eigenvalue weighted by Gasteiger charge is -2.19. The van der Waals surface area contributed by atoms with Gasteiger partial charge in [0.05, 0.1) is 13.2 Å². The summed E-state index contributed by atoms with van der Waals surface area (Å²) in [6, 6.07) is 0. The summed E-state index contributed by atoms with van der Waals surface area (Å²) in [4.78, 5) is 35.1. The first-order valence-electron chi connectivity index (χ1n) is 28.8. The van der Waals surface area contributed by atoms with Gasteiger partial charge in [-0.3, -0.25) is 18.6 Å². The lowest BCUT2D eigenvalue weighted by Crippen LogP contribution is -2.29. The Bertz CT molecular complexity index is 1310. The fraction of sp³-hybridized carbons (Fsp3) is 0.797. The third-order valence-electron chi connectivity index (χ3n) is 12.4. The van der Waals surface area contributed by atoms with Gasteiger partial charge < -0.3 is 20.1 Å². The molecule has 0 saturated heterocycles. The summed E-state index contributed by atoms with van der Waals surface area (Å²) in [6.07, 6.45) is 68.7. The Balaban J connectivity index is 3.82. The summed E-state index contributed by atoms with van der Waals surface area (Å²) in [6.45, 7) is 3.63. The average Bonchev–Trinajstić information content (AvgIpc) is 3.34. The standard InChI is InChI=1S/C59H108NO8P/c1-3-5-7-9-11-13-15-17-18-19-20-21-22-23-24-25-26-27-28-29-30-31-32-33-34-35-36-37-38-40-42-44-46-48-50-52-59(62)68-57(56-67-69(63,64)66-54-53-60)55-65-58(61)51-49-47-45-43-41-39-16-14-12-10-8-6-4-2/h5,7,11,13-14,16-18,20-21,57H,3-4,6,8-10,12,15,19,22-56,60H2,1-2H3,(H,63,64)/b7-5-,13-11-,16-14-,18-17-,21-20-. The van der Waals surface area contributed by atoms with Crippen LogP contribution >= 0.6 is 7.82 Å². The minimum atomic E-state index is -4.38. The van der Waals surface area contributed by atoms with Crippen LogP contribution in [-0.2, 0) is 32.7 Å². The van der Waals surface area contributed by atoms with Gasteiger partial charge in [-0.05, 0) is 77.0 Å². The van der Waals surface area contributed by atoms with E-state index in [1.54, 1.807) is 0 Å². The zero-order chi connectivity index (χ0) is 50.2. The number of phosphoric acid groups is 1. The van der Waals surface area contributed by atoms with E-state index in [1.165, 1.54) is 161 Å². The molecule has 69 heavy (non-hydrogen) atoms. The normalized spacial score (nSPS) is 13.5. The molecule has 0 aliphatic heterocycles. The van der Waals surface area contributed by atoms with Gasteiger partial charge in [-0.2, -0.15) is 0 Å². The molecule has 0 heterocycles. The maximum Gasteiger partial charge on any atom is 0.472 e. The van der Waals surface area contributed by atoms with Crippen molar-refractivity contribution < 1.29 is 37.6 Å².